The van der Waals surface area contributed by atoms with Gasteiger partial charge in [0, 0.05) is 30.1 Å². The molecule has 2 rings (SSSR count). The predicted octanol–water partition coefficient (Wildman–Crippen LogP) is 2.41. The van der Waals surface area contributed by atoms with E-state index in [1.165, 1.54) is 4.88 Å². The third kappa shape index (κ3) is 3.19. The summed E-state index contributed by atoms with van der Waals surface area (Å²) in [6.45, 7) is 6.82. The van der Waals surface area contributed by atoms with Crippen molar-refractivity contribution in [2.24, 2.45) is 11.7 Å². The lowest BCUT2D eigenvalue weighted by Crippen LogP contribution is -2.41. The molecule has 4 unspecified atom stereocenters. The molecule has 1 aliphatic rings. The first-order chi connectivity index (χ1) is 9.04. The average molecular weight is 281 g/mol. The molecule has 2 heterocycles. The Hall–Kier alpha value is -0.420. The first-order valence-electron chi connectivity index (χ1n) is 7.24. The highest BCUT2D eigenvalue weighted by Crippen LogP contribution is 2.34. The SMILES string of the molecule is CCC(N)C(c1cccs1)N1CC(C)C(N(C)C)C1. The van der Waals surface area contributed by atoms with Crippen LogP contribution in [0.4, 0.5) is 0 Å². The summed E-state index contributed by atoms with van der Waals surface area (Å²) in [7, 11) is 4.37. The fraction of sp³-hybridized carbons (Fsp3) is 0.733. The van der Waals surface area contributed by atoms with Crippen LogP contribution >= 0.6 is 11.3 Å². The molecule has 0 aliphatic carbocycles. The van der Waals surface area contributed by atoms with Gasteiger partial charge in [0.05, 0.1) is 6.04 Å². The minimum atomic E-state index is 0.228. The third-order valence-corrected chi connectivity index (χ3v) is 5.31. The van der Waals surface area contributed by atoms with Gasteiger partial charge in [-0.15, -0.1) is 11.3 Å². The number of nitrogens with zero attached hydrogens (tertiary/aromatic N) is 2. The molecule has 0 radical (unpaired) electrons. The van der Waals surface area contributed by atoms with Crippen LogP contribution in [0.25, 0.3) is 0 Å². The van der Waals surface area contributed by atoms with Gasteiger partial charge < -0.3 is 10.6 Å². The quantitative estimate of drug-likeness (QED) is 0.899. The highest BCUT2D eigenvalue weighted by molar-refractivity contribution is 7.10. The molecule has 4 heteroatoms. The van der Waals surface area contributed by atoms with Gasteiger partial charge in [-0.05, 0) is 37.9 Å². The topological polar surface area (TPSA) is 32.5 Å². The molecule has 1 saturated heterocycles. The fourth-order valence-corrected chi connectivity index (χ4v) is 4.16. The van der Waals surface area contributed by atoms with E-state index in [1.807, 2.05) is 11.3 Å². The number of rotatable bonds is 5. The van der Waals surface area contributed by atoms with Crippen molar-refractivity contribution in [2.75, 3.05) is 27.2 Å². The minimum Gasteiger partial charge on any atom is -0.326 e. The molecule has 1 aliphatic heterocycles. The van der Waals surface area contributed by atoms with Crippen LogP contribution < -0.4 is 5.73 Å². The average Bonchev–Trinajstić information content (AvgIpc) is 2.99. The largest absolute Gasteiger partial charge is 0.326 e. The van der Waals surface area contributed by atoms with Gasteiger partial charge in [-0.1, -0.05) is 19.9 Å². The molecule has 0 bridgehead atoms. The summed E-state index contributed by atoms with van der Waals surface area (Å²) in [5, 5.41) is 2.16. The number of thiophene rings is 1. The molecule has 0 saturated carbocycles. The Morgan fingerprint density at radius 2 is 2.21 bits per heavy atom. The van der Waals surface area contributed by atoms with E-state index in [0.717, 1.165) is 19.5 Å². The molecule has 2 N–H and O–H groups in total. The second kappa shape index (κ2) is 6.35. The van der Waals surface area contributed by atoms with Gasteiger partial charge in [-0.25, -0.2) is 0 Å². The van der Waals surface area contributed by atoms with Crippen LogP contribution in [-0.4, -0.2) is 49.1 Å². The molecule has 1 fully saturated rings. The van der Waals surface area contributed by atoms with E-state index in [1.54, 1.807) is 0 Å². The van der Waals surface area contributed by atoms with E-state index in [0.29, 0.717) is 18.0 Å². The van der Waals surface area contributed by atoms with Crippen LogP contribution in [0.15, 0.2) is 17.5 Å². The molecule has 0 spiro atoms. The molecule has 1 aromatic heterocycles. The van der Waals surface area contributed by atoms with Gasteiger partial charge in [0.15, 0.2) is 0 Å². The minimum absolute atomic E-state index is 0.228. The summed E-state index contributed by atoms with van der Waals surface area (Å²) in [6.07, 6.45) is 1.03. The van der Waals surface area contributed by atoms with Crippen LogP contribution in [-0.2, 0) is 0 Å². The molecule has 3 nitrogen and oxygen atoms in total. The first-order valence-corrected chi connectivity index (χ1v) is 8.12. The molecule has 0 amide bonds. The zero-order chi connectivity index (χ0) is 14.0. The zero-order valence-corrected chi connectivity index (χ0v) is 13.4. The van der Waals surface area contributed by atoms with Crippen molar-refractivity contribution in [3.63, 3.8) is 0 Å². The highest BCUT2D eigenvalue weighted by atomic mass is 32.1. The Morgan fingerprint density at radius 3 is 2.68 bits per heavy atom. The smallest absolute Gasteiger partial charge is 0.0594 e. The normalized spacial score (nSPS) is 27.9. The Morgan fingerprint density at radius 1 is 1.47 bits per heavy atom. The maximum Gasteiger partial charge on any atom is 0.0594 e. The van der Waals surface area contributed by atoms with Crippen molar-refractivity contribution >= 4 is 11.3 Å². The molecule has 4 atom stereocenters. The number of likely N-dealkylation sites (N-methyl/N-ethyl adjacent to an activating group) is 1. The third-order valence-electron chi connectivity index (χ3n) is 4.37. The van der Waals surface area contributed by atoms with Crippen LogP contribution in [0.1, 0.15) is 31.2 Å². The Labute approximate surface area is 121 Å². The van der Waals surface area contributed by atoms with E-state index in [4.69, 9.17) is 5.73 Å². The van der Waals surface area contributed by atoms with Gasteiger partial charge in [0.1, 0.15) is 0 Å². The number of hydrogen-bond acceptors (Lipinski definition) is 4. The summed E-state index contributed by atoms with van der Waals surface area (Å²) in [5.41, 5.74) is 6.41. The van der Waals surface area contributed by atoms with E-state index in [-0.39, 0.29) is 6.04 Å². The molecule has 19 heavy (non-hydrogen) atoms. The van der Waals surface area contributed by atoms with Crippen molar-refractivity contribution in [1.29, 1.82) is 0 Å². The number of hydrogen-bond donors (Lipinski definition) is 1. The second-order valence-corrected chi connectivity index (χ2v) is 6.97. The van der Waals surface area contributed by atoms with Crippen molar-refractivity contribution in [2.45, 2.75) is 38.4 Å². The van der Waals surface area contributed by atoms with Crippen LogP contribution in [0, 0.1) is 5.92 Å². The molecular formula is C15H27N3S. The molecular weight excluding hydrogens is 254 g/mol. The Bertz CT molecular complexity index is 377. The fourth-order valence-electron chi connectivity index (χ4n) is 3.23. The van der Waals surface area contributed by atoms with Crippen molar-refractivity contribution in [3.05, 3.63) is 22.4 Å². The van der Waals surface area contributed by atoms with Gasteiger partial charge in [-0.3, -0.25) is 4.90 Å². The first kappa shape index (κ1) is 15.0. The maximum atomic E-state index is 6.41. The summed E-state index contributed by atoms with van der Waals surface area (Å²) in [4.78, 5) is 6.36. The van der Waals surface area contributed by atoms with Gasteiger partial charge >= 0.3 is 0 Å². The van der Waals surface area contributed by atoms with Gasteiger partial charge in [0.25, 0.3) is 0 Å². The van der Waals surface area contributed by atoms with Crippen molar-refractivity contribution in [3.8, 4) is 0 Å². The van der Waals surface area contributed by atoms with E-state index >= 15 is 0 Å². The van der Waals surface area contributed by atoms with Crippen molar-refractivity contribution < 1.29 is 0 Å². The Kier molecular flexibility index (Phi) is 5.01. The zero-order valence-electron chi connectivity index (χ0n) is 12.5. The molecule has 0 aromatic carbocycles. The molecule has 1 aromatic rings. The monoisotopic (exact) mass is 281 g/mol. The Balaban J connectivity index is 2.17. The van der Waals surface area contributed by atoms with Gasteiger partial charge in [0.2, 0.25) is 0 Å². The van der Waals surface area contributed by atoms with Crippen LogP contribution in [0.3, 0.4) is 0 Å². The predicted molar refractivity (Wildman–Crippen MR) is 83.5 cm³/mol. The summed E-state index contributed by atoms with van der Waals surface area (Å²) in [5.74, 6) is 0.710. The van der Waals surface area contributed by atoms with E-state index in [2.05, 4.69) is 55.3 Å². The highest BCUT2D eigenvalue weighted by Gasteiger charge is 2.37. The standard InChI is InChI=1S/C15H27N3S/c1-5-12(16)15(14-7-6-8-19-14)18-9-11(2)13(10-18)17(3)4/h6-8,11-13,15H,5,9-10,16H2,1-4H3. The maximum absolute atomic E-state index is 6.41. The van der Waals surface area contributed by atoms with Crippen LogP contribution in [0.2, 0.25) is 0 Å². The number of likely N-dealkylation sites (tertiary alicyclic amines) is 1. The summed E-state index contributed by atoms with van der Waals surface area (Å²) < 4.78 is 0. The van der Waals surface area contributed by atoms with Gasteiger partial charge in [-0.2, -0.15) is 0 Å². The lowest BCUT2D eigenvalue weighted by molar-refractivity contribution is 0.192. The second-order valence-electron chi connectivity index (χ2n) is 5.99. The van der Waals surface area contributed by atoms with Crippen molar-refractivity contribution in [1.82, 2.24) is 9.80 Å². The van der Waals surface area contributed by atoms with E-state index in [9.17, 15) is 0 Å². The number of nitrogens with two attached hydrogens (primary N) is 1. The van der Waals surface area contributed by atoms with Crippen LogP contribution in [0.5, 0.6) is 0 Å². The molecule has 108 valence electrons. The van der Waals surface area contributed by atoms with E-state index < -0.39 is 0 Å². The summed E-state index contributed by atoms with van der Waals surface area (Å²) in [6, 6.07) is 5.63. The lowest BCUT2D eigenvalue weighted by Gasteiger charge is -2.32. The summed E-state index contributed by atoms with van der Waals surface area (Å²) >= 11 is 1.84. The lowest BCUT2D eigenvalue weighted by atomic mass is 10.0.